The van der Waals surface area contributed by atoms with Gasteiger partial charge in [-0.1, -0.05) is 0 Å². The van der Waals surface area contributed by atoms with E-state index in [0.29, 0.717) is 15.9 Å². The van der Waals surface area contributed by atoms with Crippen LogP contribution in [0.3, 0.4) is 0 Å². The van der Waals surface area contributed by atoms with Crippen molar-refractivity contribution in [1.29, 1.82) is 0 Å². The molecule has 0 spiro atoms. The Bertz CT molecular complexity index is 710. The Morgan fingerprint density at radius 3 is 2.81 bits per heavy atom. The highest BCUT2D eigenvalue weighted by Crippen LogP contribution is 2.30. The first-order valence-electron chi connectivity index (χ1n) is 5.87. The number of hydrogen-bond donors (Lipinski definition) is 1. The van der Waals surface area contributed by atoms with Crippen molar-refractivity contribution in [3.05, 3.63) is 61.7 Å². The SMILES string of the molecule is Cc1c([N+](=O)[O-])cnc(NCc2cc(F)ccc2F)c1Br. The van der Waals surface area contributed by atoms with Gasteiger partial charge >= 0.3 is 0 Å². The Labute approximate surface area is 127 Å². The summed E-state index contributed by atoms with van der Waals surface area (Å²) < 4.78 is 27.0. The summed E-state index contributed by atoms with van der Waals surface area (Å²) in [5.41, 5.74) is 0.418. The van der Waals surface area contributed by atoms with Gasteiger partial charge in [-0.25, -0.2) is 13.8 Å². The fourth-order valence-corrected chi connectivity index (χ4v) is 2.18. The van der Waals surface area contributed by atoms with Crippen molar-refractivity contribution < 1.29 is 13.7 Å². The maximum atomic E-state index is 13.5. The van der Waals surface area contributed by atoms with Crippen molar-refractivity contribution in [3.8, 4) is 0 Å². The number of nitrogens with zero attached hydrogens (tertiary/aromatic N) is 2. The van der Waals surface area contributed by atoms with Gasteiger partial charge in [0.1, 0.15) is 23.6 Å². The van der Waals surface area contributed by atoms with Crippen LogP contribution in [0.1, 0.15) is 11.1 Å². The highest BCUT2D eigenvalue weighted by Gasteiger charge is 2.17. The number of hydrogen-bond acceptors (Lipinski definition) is 4. The van der Waals surface area contributed by atoms with Crippen LogP contribution in [0.5, 0.6) is 0 Å². The minimum atomic E-state index is -0.543. The number of nitro groups is 1. The Hall–Kier alpha value is -2.09. The van der Waals surface area contributed by atoms with Crippen LogP contribution in [0, 0.1) is 28.7 Å². The van der Waals surface area contributed by atoms with E-state index in [1.807, 2.05) is 0 Å². The first-order valence-corrected chi connectivity index (χ1v) is 6.66. The van der Waals surface area contributed by atoms with Crippen molar-refractivity contribution in [2.75, 3.05) is 5.32 Å². The molecule has 0 saturated heterocycles. The molecule has 0 bridgehead atoms. The van der Waals surface area contributed by atoms with Crippen molar-refractivity contribution in [1.82, 2.24) is 4.98 Å². The van der Waals surface area contributed by atoms with E-state index in [9.17, 15) is 18.9 Å². The van der Waals surface area contributed by atoms with E-state index in [-0.39, 0.29) is 17.8 Å². The fourth-order valence-electron chi connectivity index (χ4n) is 1.73. The van der Waals surface area contributed by atoms with Crippen LogP contribution in [-0.2, 0) is 6.54 Å². The van der Waals surface area contributed by atoms with Crippen LogP contribution in [0.4, 0.5) is 20.3 Å². The van der Waals surface area contributed by atoms with E-state index in [0.717, 1.165) is 24.4 Å². The molecule has 1 aromatic carbocycles. The molecule has 0 fully saturated rings. The number of nitrogens with one attached hydrogen (secondary N) is 1. The van der Waals surface area contributed by atoms with Crippen LogP contribution in [-0.4, -0.2) is 9.91 Å². The molecule has 0 radical (unpaired) electrons. The van der Waals surface area contributed by atoms with Gasteiger partial charge in [0, 0.05) is 17.7 Å². The van der Waals surface area contributed by atoms with Crippen LogP contribution >= 0.6 is 15.9 Å². The molecule has 0 atom stereocenters. The zero-order chi connectivity index (χ0) is 15.6. The summed E-state index contributed by atoms with van der Waals surface area (Å²) in [6.07, 6.45) is 1.12. The molecule has 110 valence electrons. The van der Waals surface area contributed by atoms with Gasteiger partial charge in [-0.2, -0.15) is 0 Å². The van der Waals surface area contributed by atoms with Crippen molar-refractivity contribution in [2.24, 2.45) is 0 Å². The molecule has 1 aromatic heterocycles. The summed E-state index contributed by atoms with van der Waals surface area (Å²) in [4.78, 5) is 14.2. The first-order chi connectivity index (χ1) is 9.90. The van der Waals surface area contributed by atoms with Gasteiger partial charge in [0.25, 0.3) is 5.69 Å². The van der Waals surface area contributed by atoms with Gasteiger partial charge in [-0.15, -0.1) is 0 Å². The maximum absolute atomic E-state index is 13.5. The highest BCUT2D eigenvalue weighted by atomic mass is 79.9. The van der Waals surface area contributed by atoms with Crippen LogP contribution in [0.2, 0.25) is 0 Å². The molecule has 0 aliphatic heterocycles. The number of anilines is 1. The van der Waals surface area contributed by atoms with Crippen LogP contribution in [0.25, 0.3) is 0 Å². The largest absolute Gasteiger partial charge is 0.365 e. The summed E-state index contributed by atoms with van der Waals surface area (Å²) in [6, 6.07) is 3.15. The third-order valence-electron chi connectivity index (χ3n) is 2.89. The van der Waals surface area contributed by atoms with Gasteiger partial charge in [-0.05, 0) is 41.1 Å². The Kier molecular flexibility index (Phi) is 4.46. The van der Waals surface area contributed by atoms with E-state index in [2.05, 4.69) is 26.2 Å². The average molecular weight is 358 g/mol. The van der Waals surface area contributed by atoms with Gasteiger partial charge in [0.05, 0.1) is 9.40 Å². The topological polar surface area (TPSA) is 68.1 Å². The second-order valence-electron chi connectivity index (χ2n) is 4.28. The molecule has 0 aliphatic rings. The summed E-state index contributed by atoms with van der Waals surface area (Å²) in [5.74, 6) is -0.763. The summed E-state index contributed by atoms with van der Waals surface area (Å²) in [5, 5.41) is 13.6. The molecular formula is C13H10BrF2N3O2. The number of rotatable bonds is 4. The van der Waals surface area contributed by atoms with Gasteiger partial charge in [0.15, 0.2) is 0 Å². The van der Waals surface area contributed by atoms with Crippen molar-refractivity contribution >= 4 is 27.4 Å². The molecule has 2 aromatic rings. The lowest BCUT2D eigenvalue weighted by atomic mass is 10.2. The van der Waals surface area contributed by atoms with Crippen molar-refractivity contribution in [2.45, 2.75) is 13.5 Å². The summed E-state index contributed by atoms with van der Waals surface area (Å²) >= 11 is 3.21. The van der Waals surface area contributed by atoms with Gasteiger partial charge in [0.2, 0.25) is 0 Å². The predicted octanol–water partition coefficient (Wildman–Crippen LogP) is 3.95. The normalized spacial score (nSPS) is 10.5. The Morgan fingerprint density at radius 2 is 2.14 bits per heavy atom. The second-order valence-corrected chi connectivity index (χ2v) is 5.07. The molecule has 0 amide bonds. The highest BCUT2D eigenvalue weighted by molar-refractivity contribution is 9.10. The number of halogens is 3. The van der Waals surface area contributed by atoms with E-state index in [4.69, 9.17) is 0 Å². The lowest BCUT2D eigenvalue weighted by Gasteiger charge is -2.10. The zero-order valence-corrected chi connectivity index (χ0v) is 12.4. The van der Waals surface area contributed by atoms with E-state index in [1.165, 1.54) is 0 Å². The molecule has 0 aliphatic carbocycles. The fraction of sp³-hybridized carbons (Fsp3) is 0.154. The Morgan fingerprint density at radius 1 is 1.43 bits per heavy atom. The molecule has 1 N–H and O–H groups in total. The van der Waals surface area contributed by atoms with Gasteiger partial charge in [-0.3, -0.25) is 10.1 Å². The van der Waals surface area contributed by atoms with Crippen molar-refractivity contribution in [3.63, 3.8) is 0 Å². The van der Waals surface area contributed by atoms with Crippen LogP contribution < -0.4 is 5.32 Å². The molecule has 21 heavy (non-hydrogen) atoms. The molecule has 5 nitrogen and oxygen atoms in total. The smallest absolute Gasteiger partial charge is 0.291 e. The lowest BCUT2D eigenvalue weighted by Crippen LogP contribution is -2.06. The number of aromatic nitrogens is 1. The van der Waals surface area contributed by atoms with E-state index < -0.39 is 16.6 Å². The molecule has 1 heterocycles. The first kappa shape index (κ1) is 15.3. The van der Waals surface area contributed by atoms with Gasteiger partial charge < -0.3 is 5.32 Å². The van der Waals surface area contributed by atoms with Crippen LogP contribution in [0.15, 0.2) is 28.9 Å². The summed E-state index contributed by atoms with van der Waals surface area (Å²) in [7, 11) is 0. The average Bonchev–Trinajstić information content (AvgIpc) is 2.43. The minimum absolute atomic E-state index is 0.00639. The molecule has 2 rings (SSSR count). The predicted molar refractivity (Wildman–Crippen MR) is 77.0 cm³/mol. The third-order valence-corrected chi connectivity index (χ3v) is 3.86. The second kappa shape index (κ2) is 6.13. The monoisotopic (exact) mass is 357 g/mol. The summed E-state index contributed by atoms with van der Waals surface area (Å²) in [6.45, 7) is 1.57. The molecule has 0 unspecified atom stereocenters. The molecule has 8 heteroatoms. The molecular weight excluding hydrogens is 348 g/mol. The molecule has 0 saturated carbocycles. The van der Waals surface area contributed by atoms with E-state index in [1.54, 1.807) is 6.92 Å². The maximum Gasteiger partial charge on any atom is 0.291 e. The standard InChI is InChI=1S/C13H10BrF2N3O2/c1-7-11(19(20)21)6-18-13(12(7)14)17-5-8-4-9(15)2-3-10(8)16/h2-4,6H,5H2,1H3,(H,17,18). The number of benzene rings is 1. The lowest BCUT2D eigenvalue weighted by molar-refractivity contribution is -0.385. The minimum Gasteiger partial charge on any atom is -0.365 e. The van der Waals surface area contributed by atoms with E-state index >= 15 is 0 Å². The zero-order valence-electron chi connectivity index (χ0n) is 10.9. The Balaban J connectivity index is 2.23. The third kappa shape index (κ3) is 3.33. The number of pyridine rings is 1. The quantitative estimate of drug-likeness (QED) is 0.664.